The van der Waals surface area contributed by atoms with Gasteiger partial charge >= 0.3 is 0 Å². The van der Waals surface area contributed by atoms with Gasteiger partial charge in [-0.3, -0.25) is 4.90 Å². The number of rotatable bonds is 7. The van der Waals surface area contributed by atoms with Gasteiger partial charge in [0, 0.05) is 32.2 Å². The fourth-order valence-corrected chi connectivity index (χ4v) is 4.54. The van der Waals surface area contributed by atoms with Crippen LogP contribution in [-0.4, -0.2) is 63.5 Å². The van der Waals surface area contributed by atoms with Crippen LogP contribution in [0.4, 0.5) is 0 Å². The van der Waals surface area contributed by atoms with E-state index in [0.29, 0.717) is 19.7 Å². The second-order valence-electron chi connectivity index (χ2n) is 8.44. The Kier molecular flexibility index (Phi) is 6.38. The minimum absolute atomic E-state index is 0.550. The Balaban J connectivity index is 1.46. The first-order valence-electron chi connectivity index (χ1n) is 10.3. The molecule has 0 fully saturated rings. The van der Waals surface area contributed by atoms with Crippen molar-refractivity contribution in [3.8, 4) is 5.75 Å². The van der Waals surface area contributed by atoms with E-state index < -0.39 is 5.60 Å². The van der Waals surface area contributed by atoms with Gasteiger partial charge in [-0.2, -0.15) is 0 Å². The summed E-state index contributed by atoms with van der Waals surface area (Å²) in [5.74, 6) is 1.77. The third-order valence-corrected chi connectivity index (χ3v) is 6.22. The molecule has 8 nitrogen and oxygen atoms in total. The monoisotopic (exact) mass is 443 g/mol. The highest BCUT2D eigenvalue weighted by Crippen LogP contribution is 2.31. The minimum atomic E-state index is -0.928. The SMILES string of the molecule is CN(C)C[C@](C)(O)c1ccc2c(c1)CN(Cc1ccc(Sc3nncn3C)o1)CCO2. The molecule has 2 aromatic heterocycles. The van der Waals surface area contributed by atoms with Crippen LogP contribution in [0, 0.1) is 0 Å². The number of aromatic nitrogens is 3. The van der Waals surface area contributed by atoms with E-state index >= 15 is 0 Å². The van der Waals surface area contributed by atoms with Gasteiger partial charge in [-0.15, -0.1) is 10.2 Å². The van der Waals surface area contributed by atoms with Crippen molar-refractivity contribution in [2.45, 2.75) is 35.9 Å². The van der Waals surface area contributed by atoms with Crippen molar-refractivity contribution < 1.29 is 14.3 Å². The molecule has 3 aromatic rings. The molecule has 0 amide bonds. The van der Waals surface area contributed by atoms with Gasteiger partial charge < -0.3 is 23.7 Å². The number of hydrogen-bond donors (Lipinski definition) is 1. The van der Waals surface area contributed by atoms with Crippen LogP contribution in [-0.2, 0) is 25.7 Å². The Morgan fingerprint density at radius 1 is 1.26 bits per heavy atom. The van der Waals surface area contributed by atoms with E-state index in [1.807, 2.05) is 61.8 Å². The van der Waals surface area contributed by atoms with Gasteiger partial charge in [-0.25, -0.2) is 0 Å². The number of aliphatic hydroxyl groups is 1. The van der Waals surface area contributed by atoms with Crippen molar-refractivity contribution in [1.82, 2.24) is 24.6 Å². The second-order valence-corrected chi connectivity index (χ2v) is 9.41. The average Bonchev–Trinajstić information content (AvgIpc) is 3.24. The summed E-state index contributed by atoms with van der Waals surface area (Å²) in [5, 5.41) is 20.5. The molecule has 0 bridgehead atoms. The fourth-order valence-electron chi connectivity index (χ4n) is 3.80. The highest BCUT2D eigenvalue weighted by Gasteiger charge is 2.26. The third-order valence-electron chi connectivity index (χ3n) is 5.24. The molecule has 0 aliphatic carbocycles. The van der Waals surface area contributed by atoms with Crippen LogP contribution in [0.2, 0.25) is 0 Å². The van der Waals surface area contributed by atoms with Crippen LogP contribution in [0.1, 0.15) is 23.8 Å². The maximum atomic E-state index is 10.9. The lowest BCUT2D eigenvalue weighted by atomic mass is 9.93. The highest BCUT2D eigenvalue weighted by atomic mass is 32.2. The quantitative estimate of drug-likeness (QED) is 0.597. The van der Waals surface area contributed by atoms with E-state index in [4.69, 9.17) is 9.15 Å². The molecule has 1 aliphatic heterocycles. The Labute approximate surface area is 186 Å². The molecule has 0 unspecified atom stereocenters. The van der Waals surface area contributed by atoms with Gasteiger partial charge in [0.05, 0.1) is 12.1 Å². The lowest BCUT2D eigenvalue weighted by molar-refractivity contribution is 0.0299. The number of nitrogens with zero attached hydrogens (tertiary/aromatic N) is 5. The summed E-state index contributed by atoms with van der Waals surface area (Å²) in [6.45, 7) is 5.22. The van der Waals surface area contributed by atoms with E-state index in [1.165, 1.54) is 11.8 Å². The Morgan fingerprint density at radius 2 is 2.10 bits per heavy atom. The van der Waals surface area contributed by atoms with Crippen molar-refractivity contribution in [3.05, 3.63) is 53.5 Å². The molecule has 31 heavy (non-hydrogen) atoms. The number of likely N-dealkylation sites (N-methyl/N-ethyl adjacent to an activating group) is 1. The van der Waals surface area contributed by atoms with Gasteiger partial charge in [-0.1, -0.05) is 6.07 Å². The van der Waals surface area contributed by atoms with Crippen molar-refractivity contribution in [1.29, 1.82) is 0 Å². The standard InChI is InChI=1S/C22H29N5O3S/c1-22(28,14-25(2)3)17-5-7-19-16(11-17)12-27(9-10-29-19)13-18-6-8-20(30-18)31-21-24-23-15-26(21)4/h5-8,11,15,28H,9-10,12-14H2,1-4H3/t22-/m0/s1. The average molecular weight is 444 g/mol. The van der Waals surface area contributed by atoms with Crippen molar-refractivity contribution in [3.63, 3.8) is 0 Å². The first-order chi connectivity index (χ1) is 14.8. The van der Waals surface area contributed by atoms with E-state index in [0.717, 1.165) is 46.0 Å². The Morgan fingerprint density at radius 3 is 2.84 bits per heavy atom. The van der Waals surface area contributed by atoms with E-state index in [2.05, 4.69) is 21.2 Å². The third kappa shape index (κ3) is 5.30. The van der Waals surface area contributed by atoms with Gasteiger partial charge in [-0.05, 0) is 62.6 Å². The highest BCUT2D eigenvalue weighted by molar-refractivity contribution is 7.99. The molecule has 1 aliphatic rings. The maximum absolute atomic E-state index is 10.9. The molecular weight excluding hydrogens is 414 g/mol. The molecule has 1 aromatic carbocycles. The van der Waals surface area contributed by atoms with E-state index in [-0.39, 0.29) is 0 Å². The molecule has 0 spiro atoms. The van der Waals surface area contributed by atoms with Crippen molar-refractivity contribution in [2.24, 2.45) is 7.05 Å². The largest absolute Gasteiger partial charge is 0.492 e. The van der Waals surface area contributed by atoms with Crippen LogP contribution >= 0.6 is 11.8 Å². The summed E-state index contributed by atoms with van der Waals surface area (Å²) in [4.78, 5) is 4.29. The fraction of sp³-hybridized carbons (Fsp3) is 0.455. The molecule has 166 valence electrons. The molecule has 0 saturated carbocycles. The molecule has 1 N–H and O–H groups in total. The topological polar surface area (TPSA) is 79.8 Å². The number of benzene rings is 1. The summed E-state index contributed by atoms with van der Waals surface area (Å²) in [6, 6.07) is 9.97. The Bertz CT molecular complexity index is 1030. The van der Waals surface area contributed by atoms with Crippen LogP contribution in [0.25, 0.3) is 0 Å². The maximum Gasteiger partial charge on any atom is 0.198 e. The lowest BCUT2D eigenvalue weighted by Gasteiger charge is -2.28. The normalized spacial score (nSPS) is 16.6. The summed E-state index contributed by atoms with van der Waals surface area (Å²) in [7, 11) is 5.83. The summed E-state index contributed by atoms with van der Waals surface area (Å²) >= 11 is 1.45. The van der Waals surface area contributed by atoms with Gasteiger partial charge in [0.15, 0.2) is 10.2 Å². The summed E-state index contributed by atoms with van der Waals surface area (Å²) < 4.78 is 13.8. The molecule has 4 rings (SSSR count). The van der Waals surface area contributed by atoms with Crippen LogP contribution in [0.3, 0.4) is 0 Å². The predicted octanol–water partition coefficient (Wildman–Crippen LogP) is 2.72. The predicted molar refractivity (Wildman–Crippen MR) is 118 cm³/mol. The first kappa shape index (κ1) is 21.9. The Hall–Kier alpha value is -2.33. The van der Waals surface area contributed by atoms with Gasteiger partial charge in [0.2, 0.25) is 0 Å². The smallest absolute Gasteiger partial charge is 0.198 e. The minimum Gasteiger partial charge on any atom is -0.492 e. The molecule has 1 atom stereocenters. The number of ether oxygens (including phenoxy) is 1. The van der Waals surface area contributed by atoms with Gasteiger partial charge in [0.1, 0.15) is 24.4 Å². The van der Waals surface area contributed by atoms with Crippen LogP contribution in [0.5, 0.6) is 5.75 Å². The molecule has 3 heterocycles. The molecule has 0 saturated heterocycles. The molecule has 9 heteroatoms. The number of fused-ring (bicyclic) bond motifs is 1. The summed E-state index contributed by atoms with van der Waals surface area (Å²) in [5.41, 5.74) is 1.04. The zero-order valence-electron chi connectivity index (χ0n) is 18.4. The number of hydrogen-bond acceptors (Lipinski definition) is 8. The van der Waals surface area contributed by atoms with Crippen LogP contribution in [0.15, 0.2) is 51.3 Å². The van der Waals surface area contributed by atoms with E-state index in [9.17, 15) is 5.11 Å². The first-order valence-corrected chi connectivity index (χ1v) is 11.1. The lowest BCUT2D eigenvalue weighted by Crippen LogP contribution is -2.34. The molecule has 0 radical (unpaired) electrons. The second kappa shape index (κ2) is 9.04. The zero-order chi connectivity index (χ0) is 22.0. The van der Waals surface area contributed by atoms with Crippen molar-refractivity contribution in [2.75, 3.05) is 33.8 Å². The number of aryl methyl sites for hydroxylation is 1. The number of furan rings is 1. The van der Waals surface area contributed by atoms with Crippen molar-refractivity contribution >= 4 is 11.8 Å². The zero-order valence-corrected chi connectivity index (χ0v) is 19.2. The van der Waals surface area contributed by atoms with E-state index in [1.54, 1.807) is 6.33 Å². The summed E-state index contributed by atoms with van der Waals surface area (Å²) in [6.07, 6.45) is 1.67. The molecular formula is C22H29N5O3S. The van der Waals surface area contributed by atoms with Gasteiger partial charge in [0.25, 0.3) is 0 Å². The van der Waals surface area contributed by atoms with Crippen LogP contribution < -0.4 is 4.74 Å².